The van der Waals surface area contributed by atoms with Crippen molar-refractivity contribution in [3.63, 3.8) is 0 Å². The van der Waals surface area contributed by atoms with Crippen molar-refractivity contribution in [2.24, 2.45) is 11.7 Å². The van der Waals surface area contributed by atoms with Crippen molar-refractivity contribution < 1.29 is 4.79 Å². The molecule has 0 bridgehead atoms. The maximum atomic E-state index is 12.1. The lowest BCUT2D eigenvalue weighted by molar-refractivity contribution is -0.118. The number of benzene rings is 1. The van der Waals surface area contributed by atoms with E-state index in [0.717, 1.165) is 38.8 Å². The molecule has 1 aliphatic heterocycles. The van der Waals surface area contributed by atoms with E-state index in [1.54, 1.807) is 0 Å². The first-order valence-electron chi connectivity index (χ1n) is 9.05. The lowest BCUT2D eigenvalue weighted by Crippen LogP contribution is -2.31. The van der Waals surface area contributed by atoms with Gasteiger partial charge in [-0.1, -0.05) is 38.5 Å². The van der Waals surface area contributed by atoms with Crippen LogP contribution in [0.5, 0.6) is 0 Å². The molecule has 0 spiro atoms. The Balaban J connectivity index is 1.88. The summed E-state index contributed by atoms with van der Waals surface area (Å²) < 4.78 is 0. The molecule has 0 radical (unpaired) electrons. The van der Waals surface area contributed by atoms with Gasteiger partial charge in [-0.2, -0.15) is 0 Å². The number of fused-ring (bicyclic) bond motifs is 1. The predicted molar refractivity (Wildman–Crippen MR) is 97.2 cm³/mol. The van der Waals surface area contributed by atoms with Crippen molar-refractivity contribution in [2.75, 3.05) is 13.1 Å². The number of carbonyl (C=O) groups excluding carboxylic acids is 1. The van der Waals surface area contributed by atoms with Crippen LogP contribution in [-0.2, 0) is 17.8 Å². The van der Waals surface area contributed by atoms with Gasteiger partial charge in [-0.25, -0.2) is 0 Å². The van der Waals surface area contributed by atoms with E-state index in [2.05, 4.69) is 37.4 Å². The number of hydrogen-bond donors (Lipinski definition) is 2. The third-order valence-corrected chi connectivity index (χ3v) is 4.78. The number of rotatable bonds is 9. The number of nitrogens with one attached hydrogen (secondary N) is 1. The molecular weight excluding hydrogens is 302 g/mol. The molecule has 134 valence electrons. The Morgan fingerprint density at radius 3 is 3.00 bits per heavy atom. The molecule has 24 heavy (non-hydrogen) atoms. The second-order valence-electron chi connectivity index (χ2n) is 6.97. The van der Waals surface area contributed by atoms with Crippen LogP contribution < -0.4 is 11.1 Å². The van der Waals surface area contributed by atoms with E-state index < -0.39 is 0 Å². The molecule has 1 aliphatic rings. The van der Waals surface area contributed by atoms with E-state index >= 15 is 0 Å². The SMILES string of the molecule is CCCC1c2ccc(CNCC(C)CCC(N)=O)cc2CCN1[O-]. The molecule has 1 amide bonds. The summed E-state index contributed by atoms with van der Waals surface area (Å²) in [6.07, 6.45) is 4.06. The van der Waals surface area contributed by atoms with Gasteiger partial charge in [-0.15, -0.1) is 0 Å². The van der Waals surface area contributed by atoms with E-state index in [9.17, 15) is 10.0 Å². The van der Waals surface area contributed by atoms with E-state index in [-0.39, 0.29) is 11.9 Å². The van der Waals surface area contributed by atoms with E-state index in [4.69, 9.17) is 5.73 Å². The summed E-state index contributed by atoms with van der Waals surface area (Å²) in [6, 6.07) is 6.52. The van der Waals surface area contributed by atoms with Gasteiger partial charge in [0.05, 0.1) is 0 Å². The van der Waals surface area contributed by atoms with Crippen LogP contribution in [0.25, 0.3) is 0 Å². The largest absolute Gasteiger partial charge is 0.785 e. The lowest BCUT2D eigenvalue weighted by atomic mass is 9.90. The Morgan fingerprint density at radius 2 is 2.29 bits per heavy atom. The third-order valence-electron chi connectivity index (χ3n) is 4.78. The van der Waals surface area contributed by atoms with Crippen LogP contribution in [0.3, 0.4) is 0 Å². The highest BCUT2D eigenvalue weighted by Crippen LogP contribution is 2.32. The molecule has 1 aromatic rings. The molecular formula is C19H30N3O2-. The molecule has 0 saturated heterocycles. The normalized spacial score (nSPS) is 19.0. The Labute approximate surface area is 145 Å². The number of carbonyl (C=O) groups is 1. The molecule has 1 aromatic carbocycles. The zero-order valence-corrected chi connectivity index (χ0v) is 14.9. The summed E-state index contributed by atoms with van der Waals surface area (Å²) in [7, 11) is 0. The number of nitrogens with two attached hydrogens (primary N) is 1. The first-order valence-corrected chi connectivity index (χ1v) is 9.05. The summed E-state index contributed by atoms with van der Waals surface area (Å²) in [5, 5.41) is 16.8. The van der Waals surface area contributed by atoms with Gasteiger partial charge in [0, 0.05) is 19.0 Å². The summed E-state index contributed by atoms with van der Waals surface area (Å²) in [4.78, 5) is 10.8. The van der Waals surface area contributed by atoms with Crippen molar-refractivity contribution in [1.82, 2.24) is 10.4 Å². The molecule has 2 rings (SSSR count). The molecule has 2 unspecified atom stereocenters. The number of primary amides is 1. The standard InChI is InChI=1S/C19H30N3O2/c1-3-4-18-17-7-6-15(11-16(17)9-10-22(18)24)13-21-12-14(2)5-8-19(20)23/h6-7,11,14,18,21H,3-5,8-10,12-13H2,1-2H3,(H2,20,23)/q-1. The van der Waals surface area contributed by atoms with Crippen molar-refractivity contribution in [1.29, 1.82) is 0 Å². The number of hydrogen-bond acceptors (Lipinski definition) is 4. The van der Waals surface area contributed by atoms with Gasteiger partial charge in [0.15, 0.2) is 0 Å². The molecule has 2 atom stereocenters. The van der Waals surface area contributed by atoms with Crippen LogP contribution in [0.15, 0.2) is 18.2 Å². The smallest absolute Gasteiger partial charge is 0.217 e. The van der Waals surface area contributed by atoms with Crippen molar-refractivity contribution >= 4 is 5.91 Å². The minimum absolute atomic E-state index is 0.0228. The molecule has 0 aliphatic carbocycles. The first kappa shape index (κ1) is 18.9. The maximum Gasteiger partial charge on any atom is 0.217 e. The zero-order chi connectivity index (χ0) is 17.5. The van der Waals surface area contributed by atoms with Crippen LogP contribution in [0.4, 0.5) is 0 Å². The second-order valence-corrected chi connectivity index (χ2v) is 6.97. The molecule has 5 nitrogen and oxygen atoms in total. The first-order chi connectivity index (χ1) is 11.5. The molecule has 5 heteroatoms. The van der Waals surface area contributed by atoms with E-state index in [1.807, 2.05) is 0 Å². The summed E-state index contributed by atoms with van der Waals surface area (Å²) in [5.74, 6) is 0.198. The van der Waals surface area contributed by atoms with Crippen molar-refractivity contribution in [3.8, 4) is 0 Å². The number of amides is 1. The maximum absolute atomic E-state index is 12.1. The Kier molecular flexibility index (Phi) is 7.21. The van der Waals surface area contributed by atoms with Gasteiger partial charge < -0.3 is 21.3 Å². The van der Waals surface area contributed by atoms with Crippen LogP contribution in [0, 0.1) is 11.1 Å². The van der Waals surface area contributed by atoms with Crippen molar-refractivity contribution in [2.45, 2.75) is 58.5 Å². The Bertz CT molecular complexity index is 547. The van der Waals surface area contributed by atoms with Crippen molar-refractivity contribution in [3.05, 3.63) is 40.1 Å². The van der Waals surface area contributed by atoms with E-state index in [0.29, 0.717) is 18.9 Å². The zero-order valence-electron chi connectivity index (χ0n) is 14.9. The number of hydroxylamine groups is 2. The second kappa shape index (κ2) is 9.16. The fraction of sp³-hybridized carbons (Fsp3) is 0.632. The fourth-order valence-electron chi connectivity index (χ4n) is 3.38. The van der Waals surface area contributed by atoms with Gasteiger partial charge in [-0.3, -0.25) is 4.79 Å². The van der Waals surface area contributed by atoms with Gasteiger partial charge in [0.2, 0.25) is 5.91 Å². The average molecular weight is 332 g/mol. The molecule has 0 fully saturated rings. The van der Waals surface area contributed by atoms with Gasteiger partial charge in [-0.05, 0) is 55.0 Å². The number of nitrogens with zero attached hydrogens (tertiary/aromatic N) is 1. The summed E-state index contributed by atoms with van der Waals surface area (Å²) >= 11 is 0. The quantitative estimate of drug-likeness (QED) is 0.728. The summed E-state index contributed by atoms with van der Waals surface area (Å²) in [5.41, 5.74) is 8.96. The van der Waals surface area contributed by atoms with Crippen LogP contribution in [-0.4, -0.2) is 24.1 Å². The molecule has 3 N–H and O–H groups in total. The van der Waals surface area contributed by atoms with Crippen LogP contribution in [0.1, 0.15) is 62.3 Å². The van der Waals surface area contributed by atoms with Gasteiger partial charge in [0.25, 0.3) is 0 Å². The Morgan fingerprint density at radius 1 is 1.50 bits per heavy atom. The molecule has 1 heterocycles. The van der Waals surface area contributed by atoms with Crippen LogP contribution >= 0.6 is 0 Å². The molecule has 0 saturated carbocycles. The predicted octanol–water partition coefficient (Wildman–Crippen LogP) is 2.87. The van der Waals surface area contributed by atoms with Crippen LogP contribution in [0.2, 0.25) is 0 Å². The fourth-order valence-corrected chi connectivity index (χ4v) is 3.38. The minimum Gasteiger partial charge on any atom is -0.785 e. The highest BCUT2D eigenvalue weighted by molar-refractivity contribution is 5.73. The van der Waals surface area contributed by atoms with E-state index in [1.165, 1.54) is 21.8 Å². The lowest BCUT2D eigenvalue weighted by Gasteiger charge is -2.42. The van der Waals surface area contributed by atoms with Gasteiger partial charge in [0.1, 0.15) is 0 Å². The van der Waals surface area contributed by atoms with Gasteiger partial charge >= 0.3 is 0 Å². The third kappa shape index (κ3) is 5.30. The average Bonchev–Trinajstić information content (AvgIpc) is 2.55. The monoisotopic (exact) mass is 332 g/mol. The topological polar surface area (TPSA) is 81.4 Å². The molecule has 0 aromatic heterocycles. The minimum atomic E-state index is -0.231. The highest BCUT2D eigenvalue weighted by Gasteiger charge is 2.21. The Hall–Kier alpha value is -1.43. The summed E-state index contributed by atoms with van der Waals surface area (Å²) in [6.45, 7) is 6.53. The highest BCUT2D eigenvalue weighted by atomic mass is 16.5.